The molecule has 0 saturated carbocycles. The lowest BCUT2D eigenvalue weighted by Gasteiger charge is -2.45. The Morgan fingerprint density at radius 3 is 2.02 bits per heavy atom. The number of amides is 5. The Morgan fingerprint density at radius 1 is 0.843 bits per heavy atom. The van der Waals surface area contributed by atoms with Crippen molar-refractivity contribution in [1.82, 2.24) is 9.80 Å². The molecule has 0 radical (unpaired) electrons. The molecular formula is C37H29N3O11. The Kier molecular flexibility index (Phi) is 6.87. The SMILES string of the molecule is NC(=O)C1=C(O)C[C@@H]2C[C@@H]3Cc4c(CN5C(=O)C6C=CC=CC6C5=O)cc(CN5C(=O)c6ccccc6C5=O)c(O)c4C(=O)C3=C(O)[C@]2(O)C1=O. The first-order valence-electron chi connectivity index (χ1n) is 16.2. The summed E-state index contributed by atoms with van der Waals surface area (Å²) in [5.41, 5.74) is 1.52. The summed E-state index contributed by atoms with van der Waals surface area (Å²) in [5, 5.41) is 45.3. The number of ketones is 2. The van der Waals surface area contributed by atoms with Crippen molar-refractivity contribution < 1.29 is 54.0 Å². The van der Waals surface area contributed by atoms with E-state index < -0.39 is 112 Å². The maximum absolute atomic E-state index is 14.4. The Morgan fingerprint density at radius 2 is 1.43 bits per heavy atom. The summed E-state index contributed by atoms with van der Waals surface area (Å²) in [6.07, 6.45) is 5.96. The molecule has 258 valence electrons. The maximum atomic E-state index is 14.4. The van der Waals surface area contributed by atoms with Gasteiger partial charge in [-0.25, -0.2) is 0 Å². The van der Waals surface area contributed by atoms with Gasteiger partial charge in [0.15, 0.2) is 11.4 Å². The fraction of sp³-hybridized carbons (Fsp3) is 0.270. The van der Waals surface area contributed by atoms with E-state index >= 15 is 0 Å². The number of fused-ring (bicyclic) bond motifs is 5. The van der Waals surface area contributed by atoms with Gasteiger partial charge in [-0.15, -0.1) is 0 Å². The molecule has 1 fully saturated rings. The molecule has 5 atom stereocenters. The van der Waals surface area contributed by atoms with Crippen LogP contribution in [0.25, 0.3) is 0 Å². The number of carbonyl (C=O) groups is 7. The molecule has 2 aliphatic heterocycles. The summed E-state index contributed by atoms with van der Waals surface area (Å²) >= 11 is 0. The average molecular weight is 692 g/mol. The van der Waals surface area contributed by atoms with Gasteiger partial charge >= 0.3 is 0 Å². The number of benzene rings is 2. The molecule has 0 spiro atoms. The van der Waals surface area contributed by atoms with Crippen LogP contribution in [0.2, 0.25) is 0 Å². The first-order valence-corrected chi connectivity index (χ1v) is 16.2. The van der Waals surface area contributed by atoms with Crippen LogP contribution in [0.3, 0.4) is 0 Å². The second-order valence-corrected chi connectivity index (χ2v) is 13.6. The zero-order valence-electron chi connectivity index (χ0n) is 26.7. The first kappa shape index (κ1) is 32.1. The Bertz CT molecular complexity index is 2160. The highest BCUT2D eigenvalue weighted by molar-refractivity contribution is 6.25. The van der Waals surface area contributed by atoms with E-state index in [9.17, 15) is 54.0 Å². The quantitative estimate of drug-likeness (QED) is 0.223. The van der Waals surface area contributed by atoms with Crippen LogP contribution >= 0.6 is 0 Å². The maximum Gasteiger partial charge on any atom is 0.261 e. The minimum atomic E-state index is -2.78. The molecule has 0 aromatic heterocycles. The van der Waals surface area contributed by atoms with Gasteiger partial charge in [0.2, 0.25) is 17.6 Å². The number of hydrogen-bond donors (Lipinski definition) is 5. The number of carbonyl (C=O) groups excluding carboxylic acids is 7. The molecule has 6 aliphatic rings. The number of Topliss-reactive ketones (excluding diaryl/α,β-unsaturated/α-hetero) is 2. The molecule has 2 aromatic carbocycles. The van der Waals surface area contributed by atoms with Gasteiger partial charge in [0.05, 0.1) is 41.6 Å². The summed E-state index contributed by atoms with van der Waals surface area (Å²) in [6, 6.07) is 7.57. The van der Waals surface area contributed by atoms with Gasteiger partial charge in [-0.1, -0.05) is 36.4 Å². The Balaban J connectivity index is 1.26. The third-order valence-electron chi connectivity index (χ3n) is 11.0. The zero-order chi connectivity index (χ0) is 36.3. The number of likely N-dealkylation sites (tertiary alicyclic amines) is 1. The van der Waals surface area contributed by atoms with Crippen LogP contribution in [0.4, 0.5) is 0 Å². The van der Waals surface area contributed by atoms with Gasteiger partial charge in [-0.2, -0.15) is 0 Å². The highest BCUT2D eigenvalue weighted by Crippen LogP contribution is 2.52. The number of aromatic hydroxyl groups is 1. The van der Waals surface area contributed by atoms with Gasteiger partial charge in [-0.05, 0) is 48.1 Å². The summed E-state index contributed by atoms with van der Waals surface area (Å²) in [5.74, 6) is -11.8. The van der Waals surface area contributed by atoms with E-state index in [2.05, 4.69) is 0 Å². The van der Waals surface area contributed by atoms with Crippen molar-refractivity contribution in [2.24, 2.45) is 29.4 Å². The van der Waals surface area contributed by atoms with Crippen molar-refractivity contribution in [3.05, 3.63) is 111 Å². The van der Waals surface area contributed by atoms with E-state index in [-0.39, 0.29) is 52.8 Å². The molecule has 4 aliphatic carbocycles. The van der Waals surface area contributed by atoms with Crippen LogP contribution in [0.5, 0.6) is 5.75 Å². The molecule has 0 bridgehead atoms. The topological polar surface area (TPSA) is 233 Å². The molecule has 2 unspecified atom stereocenters. The minimum absolute atomic E-state index is 0.0759. The summed E-state index contributed by atoms with van der Waals surface area (Å²) < 4.78 is 0. The number of aliphatic hydroxyl groups is 3. The molecule has 2 heterocycles. The minimum Gasteiger partial charge on any atom is -0.511 e. The van der Waals surface area contributed by atoms with Crippen LogP contribution in [0.1, 0.15) is 60.6 Å². The number of phenolic OH excluding ortho intramolecular Hbond substituents is 1. The number of nitrogens with two attached hydrogens (primary N) is 1. The van der Waals surface area contributed by atoms with Crippen molar-refractivity contribution in [2.45, 2.75) is 38.0 Å². The molecule has 14 nitrogen and oxygen atoms in total. The van der Waals surface area contributed by atoms with Crippen LogP contribution in [-0.2, 0) is 38.7 Å². The van der Waals surface area contributed by atoms with Gasteiger partial charge in [0.1, 0.15) is 22.8 Å². The number of hydrogen-bond acceptors (Lipinski definition) is 11. The molecular weight excluding hydrogens is 662 g/mol. The Labute approximate surface area is 288 Å². The van der Waals surface area contributed by atoms with E-state index in [1.807, 2.05) is 0 Å². The third kappa shape index (κ3) is 4.29. The zero-order valence-corrected chi connectivity index (χ0v) is 26.7. The Hall–Kier alpha value is -6.15. The lowest BCUT2D eigenvalue weighted by molar-refractivity contribution is -0.144. The highest BCUT2D eigenvalue weighted by Gasteiger charge is 2.60. The first-order chi connectivity index (χ1) is 24.2. The van der Waals surface area contributed by atoms with Crippen LogP contribution < -0.4 is 5.73 Å². The van der Waals surface area contributed by atoms with E-state index in [0.717, 1.165) is 9.80 Å². The molecule has 6 N–H and O–H groups in total. The van der Waals surface area contributed by atoms with Crippen LogP contribution in [-0.4, -0.2) is 76.9 Å². The van der Waals surface area contributed by atoms with Crippen molar-refractivity contribution in [2.75, 3.05) is 0 Å². The van der Waals surface area contributed by atoms with Gasteiger partial charge < -0.3 is 26.2 Å². The van der Waals surface area contributed by atoms with Gasteiger partial charge in [0.25, 0.3) is 17.7 Å². The number of aliphatic hydroxyl groups excluding tert-OH is 2. The molecule has 1 saturated heterocycles. The van der Waals surface area contributed by atoms with Crippen LogP contribution in [0.15, 0.2) is 77.3 Å². The van der Waals surface area contributed by atoms with Gasteiger partial charge in [0, 0.05) is 23.5 Å². The monoisotopic (exact) mass is 691 g/mol. The number of primary amides is 1. The molecule has 8 rings (SSSR count). The standard InChI is InChI=1S/C37H29N3O11/c38-32(46)27-24(41)12-18-10-15-11-23-16(13-39-33(47)19-5-1-2-6-20(19)34(39)48)9-17(14-40-35(49)21-7-3-4-8-22(21)36(40)50)28(42)26(23)29(43)25(15)30(44)37(18,51)31(27)45/h1-9,15,18-20,41-42,44,51H,10-14H2,(H2,38,46)/t15-,18+,19?,20?,37+/m1/s1. The summed E-state index contributed by atoms with van der Waals surface area (Å²) in [6.45, 7) is -0.832. The second kappa shape index (κ2) is 10.9. The van der Waals surface area contributed by atoms with Gasteiger partial charge in [-0.3, -0.25) is 43.4 Å². The van der Waals surface area contributed by atoms with E-state index in [4.69, 9.17) is 5.73 Å². The van der Waals surface area contributed by atoms with E-state index in [1.54, 1.807) is 36.4 Å². The van der Waals surface area contributed by atoms with Crippen molar-refractivity contribution in [3.8, 4) is 5.75 Å². The summed E-state index contributed by atoms with van der Waals surface area (Å²) in [7, 11) is 0. The fourth-order valence-corrected chi connectivity index (χ4v) is 8.51. The summed E-state index contributed by atoms with van der Waals surface area (Å²) in [4.78, 5) is 95.3. The molecule has 14 heteroatoms. The van der Waals surface area contributed by atoms with E-state index in [1.165, 1.54) is 18.2 Å². The van der Waals surface area contributed by atoms with E-state index in [0.29, 0.717) is 0 Å². The lowest BCUT2D eigenvalue weighted by atomic mass is 9.60. The highest BCUT2D eigenvalue weighted by atomic mass is 16.3. The van der Waals surface area contributed by atoms with Crippen molar-refractivity contribution in [3.63, 3.8) is 0 Å². The second-order valence-electron chi connectivity index (χ2n) is 13.6. The number of nitrogens with zero attached hydrogens (tertiary/aromatic N) is 2. The molecule has 5 amide bonds. The lowest BCUT2D eigenvalue weighted by Crippen LogP contribution is -2.57. The number of imide groups is 2. The predicted octanol–water partition coefficient (Wildman–Crippen LogP) is 1.60. The van der Waals surface area contributed by atoms with Crippen molar-refractivity contribution in [1.29, 1.82) is 0 Å². The largest absolute Gasteiger partial charge is 0.511 e. The third-order valence-corrected chi connectivity index (χ3v) is 11.0. The smallest absolute Gasteiger partial charge is 0.261 e. The van der Waals surface area contributed by atoms with Crippen LogP contribution in [0, 0.1) is 23.7 Å². The van der Waals surface area contributed by atoms with Crippen molar-refractivity contribution >= 4 is 41.1 Å². The molecule has 2 aromatic rings. The molecule has 51 heavy (non-hydrogen) atoms. The number of allylic oxidation sites excluding steroid dienone is 4. The fourth-order valence-electron chi connectivity index (χ4n) is 8.51. The number of phenols is 1. The number of rotatable bonds is 5. The normalized spacial score (nSPS) is 27.9. The average Bonchev–Trinajstić information content (AvgIpc) is 3.48. The predicted molar refractivity (Wildman–Crippen MR) is 172 cm³/mol.